The van der Waals surface area contributed by atoms with Crippen LogP contribution in [0.25, 0.3) is 0 Å². The molecule has 0 amide bonds. The monoisotopic (exact) mass is 410 g/mol. The molecule has 0 saturated heterocycles. The molecule has 28 heavy (non-hydrogen) atoms. The molecule has 0 spiro atoms. The van der Waals surface area contributed by atoms with E-state index in [0.29, 0.717) is 17.2 Å². The third kappa shape index (κ3) is 4.96. The quantitative estimate of drug-likeness (QED) is 0.454. The van der Waals surface area contributed by atoms with E-state index < -0.39 is 12.1 Å². The number of alkyl halides is 1. The first kappa shape index (κ1) is 21.8. The number of aromatic carboxylic acids is 1. The summed E-state index contributed by atoms with van der Waals surface area (Å²) in [4.78, 5) is 11.4. The number of thiophene rings is 1. The van der Waals surface area contributed by atoms with Crippen molar-refractivity contribution in [2.75, 3.05) is 0 Å². The molecule has 2 unspecified atom stereocenters. The van der Waals surface area contributed by atoms with Crippen LogP contribution in [0.15, 0.2) is 11.4 Å². The molecule has 0 aliphatic heterocycles. The maximum atomic E-state index is 14.5. The number of carbonyl (C=O) groups is 1. The number of carboxylic acids is 1. The molecule has 1 heterocycles. The Morgan fingerprint density at radius 1 is 1.32 bits per heavy atom. The molecule has 2 fully saturated rings. The Kier molecular flexibility index (Phi) is 7.54. The summed E-state index contributed by atoms with van der Waals surface area (Å²) >= 11 is 1.28. The second-order valence-corrected chi connectivity index (χ2v) is 9.96. The van der Waals surface area contributed by atoms with E-state index >= 15 is 0 Å². The number of aliphatic hydroxyl groups is 1. The molecule has 2 saturated carbocycles. The fraction of sp³-hybridized carbons (Fsp3) is 0.783. The van der Waals surface area contributed by atoms with Gasteiger partial charge in [0.2, 0.25) is 0 Å². The van der Waals surface area contributed by atoms with Gasteiger partial charge in [-0.1, -0.05) is 19.8 Å². The predicted molar refractivity (Wildman–Crippen MR) is 112 cm³/mol. The summed E-state index contributed by atoms with van der Waals surface area (Å²) in [6.07, 6.45) is 10.9. The van der Waals surface area contributed by atoms with E-state index in [9.17, 15) is 14.3 Å². The van der Waals surface area contributed by atoms with Crippen LogP contribution in [0.3, 0.4) is 0 Å². The van der Waals surface area contributed by atoms with Gasteiger partial charge in [-0.2, -0.15) is 0 Å². The molecule has 2 N–H and O–H groups in total. The number of aryl methyl sites for hydroxylation is 1. The molecule has 1 aromatic heterocycles. The summed E-state index contributed by atoms with van der Waals surface area (Å²) in [6.45, 7) is 2.18. The van der Waals surface area contributed by atoms with Crippen molar-refractivity contribution >= 4 is 17.3 Å². The van der Waals surface area contributed by atoms with E-state index in [-0.39, 0.29) is 17.4 Å². The van der Waals surface area contributed by atoms with Crippen LogP contribution in [0, 0.1) is 17.3 Å². The first-order chi connectivity index (χ1) is 13.4. The Balaban J connectivity index is 1.41. The maximum absolute atomic E-state index is 14.5. The molecule has 0 radical (unpaired) electrons. The summed E-state index contributed by atoms with van der Waals surface area (Å²) in [7, 11) is 0. The molecule has 3 nitrogen and oxygen atoms in total. The Bertz CT molecular complexity index is 634. The van der Waals surface area contributed by atoms with Crippen LogP contribution in [0.2, 0.25) is 0 Å². The molecule has 3 rings (SSSR count). The van der Waals surface area contributed by atoms with Gasteiger partial charge >= 0.3 is 5.97 Å². The van der Waals surface area contributed by atoms with E-state index in [1.54, 1.807) is 6.07 Å². The van der Waals surface area contributed by atoms with Crippen molar-refractivity contribution in [2.24, 2.45) is 17.3 Å². The van der Waals surface area contributed by atoms with Crippen LogP contribution in [-0.2, 0) is 6.42 Å². The third-order valence-electron chi connectivity index (χ3n) is 7.56. The highest BCUT2D eigenvalue weighted by Gasteiger charge is 2.41. The van der Waals surface area contributed by atoms with Crippen LogP contribution in [0.4, 0.5) is 4.39 Å². The van der Waals surface area contributed by atoms with E-state index in [0.717, 1.165) is 69.8 Å². The van der Waals surface area contributed by atoms with E-state index in [1.165, 1.54) is 17.8 Å². The smallest absolute Gasteiger partial charge is 0.345 e. The topological polar surface area (TPSA) is 57.5 Å². The molecule has 4 atom stereocenters. The largest absolute Gasteiger partial charge is 0.477 e. The lowest BCUT2D eigenvalue weighted by Gasteiger charge is -2.45. The Hall–Kier alpha value is -0.940. The normalized spacial score (nSPS) is 27.5. The third-order valence-corrected chi connectivity index (χ3v) is 8.53. The molecule has 1 aromatic rings. The fourth-order valence-corrected chi connectivity index (χ4v) is 6.25. The predicted octanol–water partition coefficient (Wildman–Crippen LogP) is 6.24. The summed E-state index contributed by atoms with van der Waals surface area (Å²) in [5.41, 5.74) is 1.24. The number of halogens is 1. The van der Waals surface area contributed by atoms with Gasteiger partial charge in [-0.25, -0.2) is 9.18 Å². The van der Waals surface area contributed by atoms with Gasteiger partial charge in [-0.05, 0) is 98.5 Å². The lowest BCUT2D eigenvalue weighted by molar-refractivity contribution is -0.0440. The second-order valence-electron chi connectivity index (χ2n) is 9.05. The van der Waals surface area contributed by atoms with Crippen molar-refractivity contribution in [2.45, 2.75) is 96.2 Å². The zero-order valence-electron chi connectivity index (χ0n) is 17.0. The SMILES string of the molecule is CCC1(C(O)CCCC2[C@@H](CCCc3csc(C(=O)O)c3)CC[C@H]2F)CCC1. The van der Waals surface area contributed by atoms with Crippen LogP contribution >= 0.6 is 11.3 Å². The van der Waals surface area contributed by atoms with Crippen LogP contribution in [0.1, 0.15) is 92.8 Å². The van der Waals surface area contributed by atoms with Crippen LogP contribution < -0.4 is 0 Å². The van der Waals surface area contributed by atoms with Gasteiger partial charge in [-0.3, -0.25) is 0 Å². The molecule has 2 aliphatic rings. The van der Waals surface area contributed by atoms with Crippen molar-refractivity contribution in [3.8, 4) is 0 Å². The van der Waals surface area contributed by atoms with Crippen molar-refractivity contribution in [3.05, 3.63) is 21.9 Å². The maximum Gasteiger partial charge on any atom is 0.345 e. The lowest BCUT2D eigenvalue weighted by atomic mass is 9.62. The van der Waals surface area contributed by atoms with Crippen molar-refractivity contribution < 1.29 is 19.4 Å². The van der Waals surface area contributed by atoms with Gasteiger partial charge in [0.05, 0.1) is 6.10 Å². The molecular formula is C23H35FO3S. The zero-order valence-corrected chi connectivity index (χ0v) is 17.9. The average molecular weight is 411 g/mol. The average Bonchev–Trinajstić information content (AvgIpc) is 3.23. The van der Waals surface area contributed by atoms with Gasteiger partial charge in [-0.15, -0.1) is 11.3 Å². The van der Waals surface area contributed by atoms with Gasteiger partial charge in [0.1, 0.15) is 11.0 Å². The highest BCUT2D eigenvalue weighted by Crippen LogP contribution is 2.48. The number of hydrogen-bond donors (Lipinski definition) is 2. The van der Waals surface area contributed by atoms with Crippen molar-refractivity contribution in [1.29, 1.82) is 0 Å². The van der Waals surface area contributed by atoms with Crippen LogP contribution in [0.5, 0.6) is 0 Å². The van der Waals surface area contributed by atoms with E-state index in [1.807, 2.05) is 5.38 Å². The number of hydrogen-bond acceptors (Lipinski definition) is 3. The number of aliphatic hydroxyl groups excluding tert-OH is 1. The number of carboxylic acid groups (broad SMARTS) is 1. The minimum atomic E-state index is -0.860. The van der Waals surface area contributed by atoms with Gasteiger partial charge in [0, 0.05) is 0 Å². The Labute approximate surface area is 172 Å². The van der Waals surface area contributed by atoms with Crippen molar-refractivity contribution in [3.63, 3.8) is 0 Å². The minimum absolute atomic E-state index is 0.142. The first-order valence-electron chi connectivity index (χ1n) is 11.1. The first-order valence-corrected chi connectivity index (χ1v) is 12.0. The summed E-state index contributed by atoms with van der Waals surface area (Å²) in [5, 5.41) is 21.5. The van der Waals surface area contributed by atoms with Gasteiger partial charge in [0.15, 0.2) is 0 Å². The fourth-order valence-electron chi connectivity index (χ4n) is 5.47. The Morgan fingerprint density at radius 3 is 2.71 bits per heavy atom. The highest BCUT2D eigenvalue weighted by atomic mass is 32.1. The molecule has 158 valence electrons. The highest BCUT2D eigenvalue weighted by molar-refractivity contribution is 7.12. The van der Waals surface area contributed by atoms with Gasteiger partial charge in [0.25, 0.3) is 0 Å². The summed E-state index contributed by atoms with van der Waals surface area (Å²) in [5.74, 6) is -0.280. The number of rotatable bonds is 11. The Morgan fingerprint density at radius 2 is 2.11 bits per heavy atom. The van der Waals surface area contributed by atoms with Crippen LogP contribution in [-0.4, -0.2) is 28.5 Å². The minimum Gasteiger partial charge on any atom is -0.477 e. The standard InChI is InChI=1S/C23H35FO3S/c1-2-23(12-5-13-23)21(25)9-4-8-18-17(10-11-19(18)24)7-3-6-16-14-20(22(26)27)28-15-16/h14-15,17-19,21,25H,2-13H2,1H3,(H,26,27)/t17-,18?,19+,21?/m0/s1. The van der Waals surface area contributed by atoms with Crippen molar-refractivity contribution in [1.82, 2.24) is 0 Å². The molecule has 0 bridgehead atoms. The van der Waals surface area contributed by atoms with Gasteiger partial charge < -0.3 is 10.2 Å². The van der Waals surface area contributed by atoms with E-state index in [2.05, 4.69) is 6.92 Å². The second kappa shape index (κ2) is 9.71. The van der Waals surface area contributed by atoms with E-state index in [4.69, 9.17) is 5.11 Å². The molecule has 5 heteroatoms. The summed E-state index contributed by atoms with van der Waals surface area (Å²) < 4.78 is 14.5. The molecule has 2 aliphatic carbocycles. The molecular weight excluding hydrogens is 375 g/mol. The molecule has 0 aromatic carbocycles. The zero-order chi connectivity index (χ0) is 20.1. The lowest BCUT2D eigenvalue weighted by Crippen LogP contribution is -2.40. The summed E-state index contributed by atoms with van der Waals surface area (Å²) in [6, 6.07) is 1.77.